The van der Waals surface area contributed by atoms with Gasteiger partial charge in [-0.25, -0.2) is 0 Å². The third-order valence-corrected chi connectivity index (χ3v) is 2.31. The second kappa shape index (κ2) is 5.50. The van der Waals surface area contributed by atoms with Gasteiger partial charge in [0.25, 0.3) is 5.89 Å². The predicted octanol–water partition coefficient (Wildman–Crippen LogP) is 1.93. The topological polar surface area (TPSA) is 85.5 Å². The number of para-hydroxylation sites is 1. The maximum absolute atomic E-state index is 10.4. The van der Waals surface area contributed by atoms with Crippen LogP contribution in [0, 0.1) is 0 Å². The Morgan fingerprint density at radius 2 is 2.06 bits per heavy atom. The first-order valence-electron chi connectivity index (χ1n) is 5.05. The van der Waals surface area contributed by atoms with Gasteiger partial charge in [-0.1, -0.05) is 23.7 Å². The van der Waals surface area contributed by atoms with E-state index in [2.05, 4.69) is 10.2 Å². The molecule has 2 aromatic rings. The number of aliphatic carboxylic acids is 1. The molecule has 1 heterocycles. The molecule has 94 valence electrons. The van der Waals surface area contributed by atoms with E-state index < -0.39 is 5.97 Å². The summed E-state index contributed by atoms with van der Waals surface area (Å²) in [5, 5.41) is 16.3. The van der Waals surface area contributed by atoms with Crippen molar-refractivity contribution in [1.29, 1.82) is 0 Å². The number of ether oxygens (including phenoxy) is 1. The van der Waals surface area contributed by atoms with Gasteiger partial charge in [-0.05, 0) is 12.1 Å². The molecule has 1 aromatic carbocycles. The van der Waals surface area contributed by atoms with E-state index in [9.17, 15) is 4.79 Å². The zero-order valence-electron chi connectivity index (χ0n) is 9.17. The quantitative estimate of drug-likeness (QED) is 0.892. The van der Waals surface area contributed by atoms with Crippen LogP contribution < -0.4 is 4.74 Å². The molecule has 0 unspecified atom stereocenters. The summed E-state index contributed by atoms with van der Waals surface area (Å²) in [6.45, 7) is 0.0380. The van der Waals surface area contributed by atoms with E-state index in [4.69, 9.17) is 25.9 Å². The van der Waals surface area contributed by atoms with Crippen LogP contribution in [0.3, 0.4) is 0 Å². The van der Waals surface area contributed by atoms with E-state index in [1.807, 2.05) is 0 Å². The standard InChI is InChI=1S/C11H9ClN2O4/c12-7-3-1-2-4-8(7)17-6-10-14-13-9(18-10)5-11(15)16/h1-4H,5-6H2,(H,15,16). The molecular formula is C11H9ClN2O4. The van der Waals surface area contributed by atoms with Crippen molar-refractivity contribution >= 4 is 17.6 Å². The Labute approximate surface area is 107 Å². The van der Waals surface area contributed by atoms with E-state index in [-0.39, 0.29) is 24.8 Å². The van der Waals surface area contributed by atoms with Crippen molar-refractivity contribution in [1.82, 2.24) is 10.2 Å². The Kier molecular flexibility index (Phi) is 3.78. The van der Waals surface area contributed by atoms with Crippen LogP contribution in [0.2, 0.25) is 5.02 Å². The number of aromatic nitrogens is 2. The van der Waals surface area contributed by atoms with E-state index in [1.54, 1.807) is 24.3 Å². The minimum atomic E-state index is -1.03. The molecule has 1 N–H and O–H groups in total. The molecule has 0 saturated heterocycles. The lowest BCUT2D eigenvalue weighted by Gasteiger charge is -2.04. The lowest BCUT2D eigenvalue weighted by atomic mass is 10.3. The molecule has 2 rings (SSSR count). The molecule has 0 aliphatic rings. The van der Waals surface area contributed by atoms with E-state index >= 15 is 0 Å². The number of benzene rings is 1. The lowest BCUT2D eigenvalue weighted by molar-refractivity contribution is -0.136. The minimum absolute atomic E-state index is 0.0380. The fraction of sp³-hybridized carbons (Fsp3) is 0.182. The van der Waals surface area contributed by atoms with Crippen LogP contribution >= 0.6 is 11.6 Å². The molecule has 0 saturated carbocycles. The summed E-state index contributed by atoms with van der Waals surface area (Å²) in [4.78, 5) is 10.4. The Morgan fingerprint density at radius 1 is 1.33 bits per heavy atom. The van der Waals surface area contributed by atoms with Gasteiger partial charge in [-0.2, -0.15) is 0 Å². The lowest BCUT2D eigenvalue weighted by Crippen LogP contribution is -1.99. The summed E-state index contributed by atoms with van der Waals surface area (Å²) in [6, 6.07) is 6.97. The molecule has 0 amide bonds. The Morgan fingerprint density at radius 3 is 2.78 bits per heavy atom. The van der Waals surface area contributed by atoms with Crippen LogP contribution in [0.15, 0.2) is 28.7 Å². The molecule has 0 aliphatic carbocycles. The molecule has 0 radical (unpaired) electrons. The van der Waals surface area contributed by atoms with Crippen LogP contribution in [0.5, 0.6) is 5.75 Å². The number of hydrogen-bond acceptors (Lipinski definition) is 5. The third-order valence-electron chi connectivity index (χ3n) is 2.00. The van der Waals surface area contributed by atoms with Crippen LogP contribution in [0.4, 0.5) is 0 Å². The van der Waals surface area contributed by atoms with Crippen LogP contribution in [-0.2, 0) is 17.8 Å². The SMILES string of the molecule is O=C(O)Cc1nnc(COc2ccccc2Cl)o1. The average Bonchev–Trinajstić information content (AvgIpc) is 2.75. The first kappa shape index (κ1) is 12.4. The smallest absolute Gasteiger partial charge is 0.312 e. The average molecular weight is 269 g/mol. The highest BCUT2D eigenvalue weighted by Gasteiger charge is 2.10. The number of carboxylic acids is 1. The fourth-order valence-electron chi connectivity index (χ4n) is 1.25. The number of carbonyl (C=O) groups is 1. The summed E-state index contributed by atoms with van der Waals surface area (Å²) in [6.07, 6.45) is -0.306. The summed E-state index contributed by atoms with van der Waals surface area (Å²) < 4.78 is 10.5. The van der Waals surface area contributed by atoms with Gasteiger partial charge in [0.2, 0.25) is 5.89 Å². The molecule has 18 heavy (non-hydrogen) atoms. The Balaban J connectivity index is 1.96. The zero-order valence-corrected chi connectivity index (χ0v) is 9.92. The van der Waals surface area contributed by atoms with E-state index in [0.29, 0.717) is 10.8 Å². The predicted molar refractivity (Wildman–Crippen MR) is 61.4 cm³/mol. The first-order valence-corrected chi connectivity index (χ1v) is 5.43. The fourth-order valence-corrected chi connectivity index (χ4v) is 1.44. The molecule has 6 nitrogen and oxygen atoms in total. The number of nitrogens with zero attached hydrogens (tertiary/aromatic N) is 2. The summed E-state index contributed by atoms with van der Waals surface area (Å²) in [7, 11) is 0. The van der Waals surface area contributed by atoms with Gasteiger partial charge in [0.15, 0.2) is 6.61 Å². The third kappa shape index (κ3) is 3.21. The summed E-state index contributed by atoms with van der Waals surface area (Å²) >= 11 is 5.90. The van der Waals surface area contributed by atoms with Crippen molar-refractivity contribution in [2.24, 2.45) is 0 Å². The molecule has 0 fully saturated rings. The highest BCUT2D eigenvalue weighted by molar-refractivity contribution is 6.32. The maximum atomic E-state index is 10.4. The van der Waals surface area contributed by atoms with E-state index in [1.165, 1.54) is 0 Å². The van der Waals surface area contributed by atoms with Crippen molar-refractivity contribution < 1.29 is 19.1 Å². The van der Waals surface area contributed by atoms with Crippen molar-refractivity contribution in [3.05, 3.63) is 41.1 Å². The summed E-state index contributed by atoms with van der Waals surface area (Å²) in [5.41, 5.74) is 0. The second-order valence-electron chi connectivity index (χ2n) is 3.38. The van der Waals surface area contributed by atoms with Gasteiger partial charge in [0.1, 0.15) is 12.2 Å². The van der Waals surface area contributed by atoms with Gasteiger partial charge in [0.05, 0.1) is 5.02 Å². The highest BCUT2D eigenvalue weighted by Crippen LogP contribution is 2.23. The number of carboxylic acid groups (broad SMARTS) is 1. The monoisotopic (exact) mass is 268 g/mol. The first-order chi connectivity index (χ1) is 8.65. The molecule has 0 bridgehead atoms. The summed E-state index contributed by atoms with van der Waals surface area (Å²) in [5.74, 6) is -0.291. The van der Waals surface area contributed by atoms with Crippen LogP contribution in [0.25, 0.3) is 0 Å². The van der Waals surface area contributed by atoms with Gasteiger partial charge in [-0.3, -0.25) is 4.79 Å². The normalized spacial score (nSPS) is 10.3. The van der Waals surface area contributed by atoms with Crippen molar-refractivity contribution in [3.8, 4) is 5.75 Å². The van der Waals surface area contributed by atoms with Crippen molar-refractivity contribution in [3.63, 3.8) is 0 Å². The Bertz CT molecular complexity index is 555. The molecular weight excluding hydrogens is 260 g/mol. The number of halogens is 1. The van der Waals surface area contributed by atoms with Crippen LogP contribution in [-0.4, -0.2) is 21.3 Å². The maximum Gasteiger partial charge on any atom is 0.312 e. The molecule has 0 atom stereocenters. The molecule has 0 aliphatic heterocycles. The molecule has 7 heteroatoms. The van der Waals surface area contributed by atoms with Crippen molar-refractivity contribution in [2.45, 2.75) is 13.0 Å². The largest absolute Gasteiger partial charge is 0.482 e. The van der Waals surface area contributed by atoms with Crippen LogP contribution in [0.1, 0.15) is 11.8 Å². The highest BCUT2D eigenvalue weighted by atomic mass is 35.5. The number of hydrogen-bond donors (Lipinski definition) is 1. The number of rotatable bonds is 5. The Hall–Kier alpha value is -2.08. The van der Waals surface area contributed by atoms with Gasteiger partial charge in [-0.15, -0.1) is 10.2 Å². The van der Waals surface area contributed by atoms with E-state index in [0.717, 1.165) is 0 Å². The van der Waals surface area contributed by atoms with Gasteiger partial charge < -0.3 is 14.3 Å². The van der Waals surface area contributed by atoms with Gasteiger partial charge >= 0.3 is 5.97 Å². The zero-order chi connectivity index (χ0) is 13.0. The van der Waals surface area contributed by atoms with Crippen molar-refractivity contribution in [2.75, 3.05) is 0 Å². The molecule has 0 spiro atoms. The van der Waals surface area contributed by atoms with Gasteiger partial charge in [0, 0.05) is 0 Å². The molecule has 1 aromatic heterocycles. The second-order valence-corrected chi connectivity index (χ2v) is 3.79. The minimum Gasteiger partial charge on any atom is -0.482 e.